The molecule has 0 saturated heterocycles. The van der Waals surface area contributed by atoms with E-state index in [1.54, 1.807) is 0 Å². The van der Waals surface area contributed by atoms with Crippen LogP contribution in [0.1, 0.15) is 0 Å². The van der Waals surface area contributed by atoms with E-state index >= 15 is 0 Å². The van der Waals surface area contributed by atoms with E-state index in [0.717, 1.165) is 39.0 Å². The molecule has 0 bridgehead atoms. The molecular formula is C50H33NO. The summed E-state index contributed by atoms with van der Waals surface area (Å²) in [6.45, 7) is 0. The first-order chi connectivity index (χ1) is 25.8. The van der Waals surface area contributed by atoms with E-state index in [0.29, 0.717) is 0 Å². The monoisotopic (exact) mass is 663 g/mol. The van der Waals surface area contributed by atoms with Crippen LogP contribution in [0.2, 0.25) is 0 Å². The van der Waals surface area contributed by atoms with Gasteiger partial charge in [0.1, 0.15) is 5.58 Å². The highest BCUT2D eigenvalue weighted by Crippen LogP contribution is 2.46. The van der Waals surface area contributed by atoms with E-state index in [9.17, 15) is 0 Å². The smallest absolute Gasteiger partial charge is 0.159 e. The van der Waals surface area contributed by atoms with E-state index in [-0.39, 0.29) is 0 Å². The molecule has 10 rings (SSSR count). The maximum absolute atomic E-state index is 7.01. The fourth-order valence-electron chi connectivity index (χ4n) is 7.71. The third kappa shape index (κ3) is 5.12. The van der Waals surface area contributed by atoms with Crippen molar-refractivity contribution in [2.45, 2.75) is 0 Å². The lowest BCUT2D eigenvalue weighted by Crippen LogP contribution is -2.10. The van der Waals surface area contributed by atoms with Crippen molar-refractivity contribution in [3.8, 4) is 33.4 Å². The van der Waals surface area contributed by atoms with Crippen molar-refractivity contribution in [3.63, 3.8) is 0 Å². The lowest BCUT2D eigenvalue weighted by atomic mass is 9.93. The highest BCUT2D eigenvalue weighted by Gasteiger charge is 2.22. The fraction of sp³-hybridized carbons (Fsp3) is 0. The van der Waals surface area contributed by atoms with Gasteiger partial charge in [0.25, 0.3) is 0 Å². The second-order valence-corrected chi connectivity index (χ2v) is 13.3. The van der Waals surface area contributed by atoms with Crippen LogP contribution >= 0.6 is 0 Å². The third-order valence-electron chi connectivity index (χ3n) is 10.3. The number of para-hydroxylation sites is 1. The van der Waals surface area contributed by atoms with Gasteiger partial charge in [-0.25, -0.2) is 0 Å². The minimum Gasteiger partial charge on any atom is -0.454 e. The topological polar surface area (TPSA) is 16.4 Å². The molecule has 2 heteroatoms. The molecule has 1 aromatic heterocycles. The van der Waals surface area contributed by atoms with Gasteiger partial charge in [-0.15, -0.1) is 0 Å². The Kier molecular flexibility index (Phi) is 7.18. The molecule has 1 heterocycles. The van der Waals surface area contributed by atoms with Crippen LogP contribution in [0.25, 0.3) is 76.9 Å². The zero-order valence-corrected chi connectivity index (χ0v) is 28.4. The Balaban J connectivity index is 1.17. The Hall–Kier alpha value is -6.90. The Morgan fingerprint density at radius 1 is 0.346 bits per heavy atom. The number of benzene rings is 9. The molecule has 0 unspecified atom stereocenters. The van der Waals surface area contributed by atoms with Crippen LogP contribution in [-0.4, -0.2) is 0 Å². The van der Waals surface area contributed by atoms with E-state index in [1.165, 1.54) is 54.9 Å². The number of nitrogens with zero attached hydrogens (tertiary/aromatic N) is 1. The Labute approximate surface area is 302 Å². The van der Waals surface area contributed by atoms with Crippen LogP contribution in [0.4, 0.5) is 17.1 Å². The first kappa shape index (κ1) is 30.0. The molecule has 9 aromatic carbocycles. The Morgan fingerprint density at radius 2 is 0.865 bits per heavy atom. The van der Waals surface area contributed by atoms with E-state index < -0.39 is 0 Å². The normalized spacial score (nSPS) is 11.5. The minimum absolute atomic E-state index is 0.859. The van der Waals surface area contributed by atoms with Crippen molar-refractivity contribution in [3.05, 3.63) is 200 Å². The standard InChI is InChI=1S/C50H33NO/c1-3-12-34(13-4-1)37-24-28-41(29-25-37)51(42-30-26-38(27-31-42)35-14-5-2-6-15-35)47-21-11-20-45-49-44-19-10-9-18-43(44)46(33-48(49)52-50(45)47)40-23-22-36-16-7-8-17-39(36)32-40/h1-33H. The van der Waals surface area contributed by atoms with E-state index in [1.807, 2.05) is 0 Å². The molecule has 0 N–H and O–H groups in total. The first-order valence-electron chi connectivity index (χ1n) is 17.8. The van der Waals surface area contributed by atoms with Crippen molar-refractivity contribution < 1.29 is 4.42 Å². The third-order valence-corrected chi connectivity index (χ3v) is 10.3. The summed E-state index contributed by atoms with van der Waals surface area (Å²) in [5.74, 6) is 0. The molecule has 244 valence electrons. The largest absolute Gasteiger partial charge is 0.454 e. The maximum atomic E-state index is 7.01. The number of rotatable bonds is 6. The van der Waals surface area contributed by atoms with Gasteiger partial charge < -0.3 is 9.32 Å². The number of hydrogen-bond acceptors (Lipinski definition) is 2. The molecule has 0 aliphatic heterocycles. The molecule has 0 spiro atoms. The van der Waals surface area contributed by atoms with Crippen LogP contribution in [0.3, 0.4) is 0 Å². The van der Waals surface area contributed by atoms with Gasteiger partial charge in [0.05, 0.1) is 5.69 Å². The second-order valence-electron chi connectivity index (χ2n) is 13.3. The van der Waals surface area contributed by atoms with Gasteiger partial charge in [-0.3, -0.25) is 0 Å². The fourth-order valence-corrected chi connectivity index (χ4v) is 7.71. The zero-order valence-electron chi connectivity index (χ0n) is 28.4. The number of hydrogen-bond donors (Lipinski definition) is 0. The van der Waals surface area contributed by atoms with Crippen molar-refractivity contribution in [2.24, 2.45) is 0 Å². The van der Waals surface area contributed by atoms with Gasteiger partial charge in [-0.05, 0) is 97.4 Å². The van der Waals surface area contributed by atoms with Gasteiger partial charge in [0.15, 0.2) is 5.58 Å². The predicted molar refractivity (Wildman–Crippen MR) is 220 cm³/mol. The lowest BCUT2D eigenvalue weighted by Gasteiger charge is -2.26. The maximum Gasteiger partial charge on any atom is 0.159 e. The van der Waals surface area contributed by atoms with Gasteiger partial charge in [0.2, 0.25) is 0 Å². The van der Waals surface area contributed by atoms with Crippen LogP contribution in [0, 0.1) is 0 Å². The van der Waals surface area contributed by atoms with Crippen LogP contribution in [-0.2, 0) is 0 Å². The van der Waals surface area contributed by atoms with Gasteiger partial charge in [-0.2, -0.15) is 0 Å². The average molecular weight is 664 g/mol. The van der Waals surface area contributed by atoms with Crippen molar-refractivity contribution in [1.29, 1.82) is 0 Å². The summed E-state index contributed by atoms with van der Waals surface area (Å²) in [5, 5.41) is 7.09. The highest BCUT2D eigenvalue weighted by atomic mass is 16.3. The molecule has 2 nitrogen and oxygen atoms in total. The average Bonchev–Trinajstić information content (AvgIpc) is 3.61. The second kappa shape index (κ2) is 12.5. The van der Waals surface area contributed by atoms with Crippen LogP contribution in [0.15, 0.2) is 205 Å². The van der Waals surface area contributed by atoms with E-state index in [4.69, 9.17) is 4.42 Å². The summed E-state index contributed by atoms with van der Waals surface area (Å²) in [6, 6.07) is 71.5. The quantitative estimate of drug-likeness (QED) is 0.176. The molecule has 0 aliphatic rings. The number of anilines is 3. The summed E-state index contributed by atoms with van der Waals surface area (Å²) in [4.78, 5) is 2.32. The molecule has 52 heavy (non-hydrogen) atoms. The number of fused-ring (bicyclic) bond motifs is 6. The van der Waals surface area contributed by atoms with Crippen molar-refractivity contribution >= 4 is 60.5 Å². The SMILES string of the molecule is c1ccc(-c2ccc(N(c3ccc(-c4ccccc4)cc3)c3cccc4c3oc3cc(-c5ccc6ccccc6c5)c5ccccc5c34)cc2)cc1. The summed E-state index contributed by atoms with van der Waals surface area (Å²) in [6.07, 6.45) is 0. The van der Waals surface area contributed by atoms with Gasteiger partial charge >= 0.3 is 0 Å². The van der Waals surface area contributed by atoms with Gasteiger partial charge in [0, 0.05) is 22.1 Å². The molecule has 10 aromatic rings. The minimum atomic E-state index is 0.859. The molecule has 0 amide bonds. The molecule has 0 aliphatic carbocycles. The molecule has 0 atom stereocenters. The highest BCUT2D eigenvalue weighted by molar-refractivity contribution is 6.23. The lowest BCUT2D eigenvalue weighted by molar-refractivity contribution is 0.669. The van der Waals surface area contributed by atoms with Crippen molar-refractivity contribution in [2.75, 3.05) is 4.90 Å². The first-order valence-corrected chi connectivity index (χ1v) is 17.8. The Bertz CT molecular complexity index is 2790. The zero-order chi connectivity index (χ0) is 34.4. The summed E-state index contributed by atoms with van der Waals surface area (Å²) in [5.41, 5.74) is 11.9. The predicted octanol–water partition coefficient (Wildman–Crippen LogP) is 14.4. The molecule has 0 saturated carbocycles. The van der Waals surface area contributed by atoms with Crippen LogP contribution in [0.5, 0.6) is 0 Å². The van der Waals surface area contributed by atoms with Crippen molar-refractivity contribution in [1.82, 2.24) is 0 Å². The Morgan fingerprint density at radius 3 is 1.52 bits per heavy atom. The van der Waals surface area contributed by atoms with Gasteiger partial charge in [-0.1, -0.05) is 158 Å². The number of furan rings is 1. The summed E-state index contributed by atoms with van der Waals surface area (Å²) < 4.78 is 7.01. The molecular weight excluding hydrogens is 631 g/mol. The van der Waals surface area contributed by atoms with E-state index in [2.05, 4.69) is 205 Å². The summed E-state index contributed by atoms with van der Waals surface area (Å²) >= 11 is 0. The van der Waals surface area contributed by atoms with Crippen LogP contribution < -0.4 is 4.90 Å². The molecule has 0 fully saturated rings. The molecule has 0 radical (unpaired) electrons. The summed E-state index contributed by atoms with van der Waals surface area (Å²) in [7, 11) is 0.